The van der Waals surface area contributed by atoms with Crippen LogP contribution in [0.15, 0.2) is 0 Å². The highest BCUT2D eigenvalue weighted by Crippen LogP contribution is 2.27. The second-order valence-electron chi connectivity index (χ2n) is 6.67. The molecular weight excluding hydrogens is 264 g/mol. The van der Waals surface area contributed by atoms with Gasteiger partial charge in [-0.25, -0.2) is 4.79 Å². The number of hydrogen-bond donors (Lipinski definition) is 1. The van der Waals surface area contributed by atoms with Crippen LogP contribution in [-0.2, 0) is 4.74 Å². The van der Waals surface area contributed by atoms with Crippen LogP contribution in [0.25, 0.3) is 0 Å². The molecule has 1 amide bonds. The Hall–Kier alpha value is -0.770. The first-order valence-electron chi connectivity index (χ1n) is 8.92. The van der Waals surface area contributed by atoms with E-state index in [2.05, 4.69) is 12.2 Å². The van der Waals surface area contributed by atoms with E-state index < -0.39 is 0 Å². The summed E-state index contributed by atoms with van der Waals surface area (Å²) in [4.78, 5) is 13.8. The lowest BCUT2D eigenvalue weighted by Crippen LogP contribution is -2.39. The third kappa shape index (κ3) is 5.85. The topological polar surface area (TPSA) is 41.6 Å². The number of piperidine rings is 2. The summed E-state index contributed by atoms with van der Waals surface area (Å²) in [5, 5.41) is 3.43. The summed E-state index contributed by atoms with van der Waals surface area (Å²) in [6, 6.07) is 0. The Kier molecular flexibility index (Phi) is 7.34. The van der Waals surface area contributed by atoms with E-state index in [4.69, 9.17) is 4.74 Å². The minimum absolute atomic E-state index is 0.0970. The lowest BCUT2D eigenvalue weighted by atomic mass is 9.86. The molecule has 2 fully saturated rings. The molecule has 2 rings (SSSR count). The van der Waals surface area contributed by atoms with Crippen molar-refractivity contribution in [2.45, 2.75) is 58.3 Å². The summed E-state index contributed by atoms with van der Waals surface area (Å²) < 4.78 is 5.29. The molecule has 2 heterocycles. The normalized spacial score (nSPS) is 21.5. The minimum atomic E-state index is -0.0970. The molecule has 0 saturated carbocycles. The number of ether oxygens (including phenoxy) is 1. The van der Waals surface area contributed by atoms with E-state index in [1.54, 1.807) is 0 Å². The van der Waals surface area contributed by atoms with Gasteiger partial charge in [0.15, 0.2) is 0 Å². The van der Waals surface area contributed by atoms with Crippen LogP contribution in [0, 0.1) is 11.8 Å². The predicted octanol–water partition coefficient (Wildman–Crippen LogP) is 3.41. The maximum Gasteiger partial charge on any atom is 0.409 e. The van der Waals surface area contributed by atoms with Gasteiger partial charge in [0.2, 0.25) is 0 Å². The molecule has 0 aromatic rings. The van der Waals surface area contributed by atoms with Crippen LogP contribution in [0.5, 0.6) is 0 Å². The predicted molar refractivity (Wildman–Crippen MR) is 85.4 cm³/mol. The zero-order valence-electron chi connectivity index (χ0n) is 13.6. The number of rotatable bonds is 6. The van der Waals surface area contributed by atoms with E-state index in [1.165, 1.54) is 38.8 Å². The number of nitrogens with one attached hydrogen (secondary N) is 1. The largest absolute Gasteiger partial charge is 0.449 e. The fourth-order valence-corrected chi connectivity index (χ4v) is 3.44. The van der Waals surface area contributed by atoms with Crippen molar-refractivity contribution in [2.75, 3.05) is 32.8 Å². The molecule has 0 aromatic carbocycles. The fourth-order valence-electron chi connectivity index (χ4n) is 3.44. The summed E-state index contributed by atoms with van der Waals surface area (Å²) in [6.45, 7) is 6.87. The highest BCUT2D eigenvalue weighted by atomic mass is 16.6. The highest BCUT2D eigenvalue weighted by molar-refractivity contribution is 5.67. The summed E-state index contributed by atoms with van der Waals surface area (Å²) in [7, 11) is 0. The lowest BCUT2D eigenvalue weighted by molar-refractivity contribution is 0.0849. The Balaban J connectivity index is 1.58. The molecule has 21 heavy (non-hydrogen) atoms. The molecule has 2 aliphatic rings. The van der Waals surface area contributed by atoms with E-state index in [0.717, 1.165) is 50.6 Å². The summed E-state index contributed by atoms with van der Waals surface area (Å²) in [5.41, 5.74) is 0. The Morgan fingerprint density at radius 2 is 1.71 bits per heavy atom. The van der Waals surface area contributed by atoms with Crippen molar-refractivity contribution in [1.29, 1.82) is 0 Å². The van der Waals surface area contributed by atoms with Crippen molar-refractivity contribution < 1.29 is 9.53 Å². The van der Waals surface area contributed by atoms with Crippen molar-refractivity contribution in [2.24, 2.45) is 11.8 Å². The average molecular weight is 296 g/mol. The van der Waals surface area contributed by atoms with Gasteiger partial charge in [0.05, 0.1) is 6.61 Å². The first-order valence-corrected chi connectivity index (χ1v) is 8.92. The van der Waals surface area contributed by atoms with E-state index in [-0.39, 0.29) is 6.09 Å². The van der Waals surface area contributed by atoms with Crippen molar-refractivity contribution in [3.63, 3.8) is 0 Å². The first kappa shape index (κ1) is 16.6. The smallest absolute Gasteiger partial charge is 0.409 e. The van der Waals surface area contributed by atoms with Crippen LogP contribution in [-0.4, -0.2) is 43.8 Å². The first-order chi connectivity index (χ1) is 10.3. The molecule has 0 aromatic heterocycles. The van der Waals surface area contributed by atoms with Crippen molar-refractivity contribution >= 4 is 6.09 Å². The monoisotopic (exact) mass is 296 g/mol. The van der Waals surface area contributed by atoms with Gasteiger partial charge in [-0.3, -0.25) is 0 Å². The van der Waals surface area contributed by atoms with Crippen LogP contribution in [0.3, 0.4) is 0 Å². The van der Waals surface area contributed by atoms with E-state index in [9.17, 15) is 4.79 Å². The minimum Gasteiger partial charge on any atom is -0.449 e. The van der Waals surface area contributed by atoms with Crippen LogP contribution in [0.2, 0.25) is 0 Å². The van der Waals surface area contributed by atoms with Crippen LogP contribution >= 0.6 is 0 Å². The van der Waals surface area contributed by atoms with Gasteiger partial charge in [-0.2, -0.15) is 0 Å². The van der Waals surface area contributed by atoms with E-state index in [0.29, 0.717) is 6.61 Å². The zero-order valence-corrected chi connectivity index (χ0v) is 13.6. The Morgan fingerprint density at radius 1 is 1.10 bits per heavy atom. The van der Waals surface area contributed by atoms with Gasteiger partial charge in [0, 0.05) is 13.1 Å². The molecule has 0 atom stereocenters. The zero-order chi connectivity index (χ0) is 14.9. The van der Waals surface area contributed by atoms with Gasteiger partial charge in [-0.1, -0.05) is 26.2 Å². The summed E-state index contributed by atoms with van der Waals surface area (Å²) >= 11 is 0. The van der Waals surface area contributed by atoms with Crippen LogP contribution < -0.4 is 5.32 Å². The number of amides is 1. The van der Waals surface area contributed by atoms with Crippen LogP contribution in [0.1, 0.15) is 58.3 Å². The molecule has 0 unspecified atom stereocenters. The molecular formula is C17H32N2O2. The molecule has 0 bridgehead atoms. The molecule has 1 N–H and O–H groups in total. The second-order valence-corrected chi connectivity index (χ2v) is 6.67. The molecule has 0 spiro atoms. The number of carbonyl (C=O) groups excluding carboxylic acids is 1. The van der Waals surface area contributed by atoms with Gasteiger partial charge < -0.3 is 15.0 Å². The Morgan fingerprint density at radius 3 is 2.33 bits per heavy atom. The Bertz CT molecular complexity index is 295. The molecule has 4 heteroatoms. The quantitative estimate of drug-likeness (QED) is 0.764. The number of unbranched alkanes of at least 4 members (excludes halogenated alkanes) is 1. The second kappa shape index (κ2) is 9.29. The van der Waals surface area contributed by atoms with Gasteiger partial charge in [0.1, 0.15) is 0 Å². The van der Waals surface area contributed by atoms with Gasteiger partial charge in [-0.05, 0) is 57.0 Å². The maximum atomic E-state index is 11.9. The molecule has 0 radical (unpaired) electrons. The highest BCUT2D eigenvalue weighted by Gasteiger charge is 2.24. The van der Waals surface area contributed by atoms with Gasteiger partial charge in [-0.15, -0.1) is 0 Å². The third-order valence-electron chi connectivity index (χ3n) is 5.04. The van der Waals surface area contributed by atoms with E-state index in [1.807, 2.05) is 4.90 Å². The van der Waals surface area contributed by atoms with Crippen molar-refractivity contribution in [3.8, 4) is 0 Å². The van der Waals surface area contributed by atoms with Crippen molar-refractivity contribution in [3.05, 3.63) is 0 Å². The standard InChI is InChI=1S/C17H32N2O2/c1-2-3-14-21-17(20)19-12-8-16(9-13-19)5-4-15-6-10-18-11-7-15/h15-16,18H,2-14H2,1H3. The number of nitrogens with zero attached hydrogens (tertiary/aromatic N) is 1. The average Bonchev–Trinajstić information content (AvgIpc) is 2.54. The summed E-state index contributed by atoms with van der Waals surface area (Å²) in [5.74, 6) is 1.75. The molecule has 0 aliphatic carbocycles. The maximum absolute atomic E-state index is 11.9. The molecule has 4 nitrogen and oxygen atoms in total. The third-order valence-corrected chi connectivity index (χ3v) is 5.04. The Labute approximate surface area is 129 Å². The van der Waals surface area contributed by atoms with Gasteiger partial charge in [0.25, 0.3) is 0 Å². The van der Waals surface area contributed by atoms with Crippen LogP contribution in [0.4, 0.5) is 4.79 Å². The van der Waals surface area contributed by atoms with Crippen molar-refractivity contribution in [1.82, 2.24) is 10.2 Å². The molecule has 122 valence electrons. The number of hydrogen-bond acceptors (Lipinski definition) is 3. The molecule has 2 aliphatic heterocycles. The fraction of sp³-hybridized carbons (Fsp3) is 0.941. The SMILES string of the molecule is CCCCOC(=O)N1CCC(CCC2CCNCC2)CC1. The molecule has 2 saturated heterocycles. The summed E-state index contributed by atoms with van der Waals surface area (Å²) in [6.07, 6.45) is 9.70. The lowest BCUT2D eigenvalue weighted by Gasteiger charge is -2.32. The van der Waals surface area contributed by atoms with E-state index >= 15 is 0 Å². The number of carbonyl (C=O) groups is 1. The number of likely N-dealkylation sites (tertiary alicyclic amines) is 1. The van der Waals surface area contributed by atoms with Gasteiger partial charge >= 0.3 is 6.09 Å².